The quantitative estimate of drug-likeness (QED) is 0.133. The Morgan fingerprint density at radius 3 is 0.191 bits per heavy atom. The third-order valence-electron chi connectivity index (χ3n) is 2.43. The van der Waals surface area contributed by atoms with Crippen LogP contribution in [0.3, 0.4) is 0 Å². The van der Waals surface area contributed by atoms with Crippen molar-refractivity contribution >= 4 is 494 Å². The monoisotopic (exact) mass is 2150 g/mol. The fraction of sp³-hybridized carbons (Fsp3) is 0.829. The molecule has 0 heterocycles. The number of esters is 7. The molecule has 0 unspecified atom stereocenters. The van der Waals surface area contributed by atoms with Crippen molar-refractivity contribution in [2.45, 2.75) is 153 Å². The minimum absolute atomic E-state index is 0.211. The lowest BCUT2D eigenvalue weighted by molar-refractivity contribution is -0.141. The zero-order valence-corrected chi connectivity index (χ0v) is 79.9. The second-order valence-corrected chi connectivity index (χ2v) is 35.4. The maximum absolute atomic E-state index is 9.82. The number of halogens is 39. The fourth-order valence-electron chi connectivity index (χ4n) is 1.42. The van der Waals surface area contributed by atoms with Crippen LogP contribution in [0.2, 0.25) is 0 Å². The number of alkyl halides is 39. The van der Waals surface area contributed by atoms with Gasteiger partial charge in [0.15, 0.2) is 55.8 Å². The maximum atomic E-state index is 9.82. The van der Waals surface area contributed by atoms with E-state index >= 15 is 0 Å². The van der Waals surface area contributed by atoms with E-state index in [0.717, 1.165) is 0 Å². The van der Waals surface area contributed by atoms with E-state index in [0.29, 0.717) is 46.2 Å². The molecular formula is C41H69Cl39O14. The van der Waals surface area contributed by atoms with Crippen LogP contribution in [0.15, 0.2) is 0 Å². The van der Waals surface area contributed by atoms with Gasteiger partial charge in [-0.2, -0.15) is 0 Å². The SMILES string of the molecule is CCOC(C)=O.CCOC(C)=O.CCOC(C)=O.CCOC(C)=O.CCOC(C)=O.CCOC(C)=O.CCOC(C)=O.ClC(Cl)Cl.ClC(Cl)Cl.ClC(Cl)Cl.ClC(Cl)Cl.ClC(Cl)Cl.ClC(Cl)Cl.ClC(Cl)Cl.ClC(Cl)Cl.ClC(Cl)Cl.ClC(Cl)Cl.ClC(Cl)Cl.ClC(Cl)Cl.ClC(Cl)Cl. The Morgan fingerprint density at radius 2 is 0.191 bits per heavy atom. The van der Waals surface area contributed by atoms with Gasteiger partial charge in [0.1, 0.15) is 0 Å². The predicted octanol–water partition coefficient (Wildman–Crippen LogP) is 29.8. The van der Waals surface area contributed by atoms with Gasteiger partial charge < -0.3 is 33.2 Å². The summed E-state index contributed by atoms with van der Waals surface area (Å²) in [5.41, 5.74) is 0. The van der Waals surface area contributed by atoms with Crippen LogP contribution in [0, 0.1) is 0 Å². The first-order valence-corrected chi connectivity index (χ1v) is 38.9. The van der Waals surface area contributed by atoms with Crippen LogP contribution in [0.1, 0.15) is 96.9 Å². The van der Waals surface area contributed by atoms with E-state index < -0.39 is 55.8 Å². The molecule has 0 N–H and O–H groups in total. The van der Waals surface area contributed by atoms with Gasteiger partial charge in [0.05, 0.1) is 46.2 Å². The van der Waals surface area contributed by atoms with Crippen LogP contribution < -0.4 is 0 Å². The molecule has 0 aliphatic heterocycles. The number of hydrogen-bond acceptors (Lipinski definition) is 14. The van der Waals surface area contributed by atoms with Gasteiger partial charge in [-0.3, -0.25) is 33.6 Å². The molecule has 0 aromatic rings. The molecule has 0 radical (unpaired) electrons. The number of ether oxygens (including phenoxy) is 7. The first-order valence-electron chi connectivity index (χ1n) is 21.8. The molecule has 590 valence electrons. The lowest BCUT2D eigenvalue weighted by Gasteiger charge is -1.89. The van der Waals surface area contributed by atoms with Gasteiger partial charge in [-0.1, -0.05) is 452 Å². The molecule has 0 aliphatic rings. The molecule has 0 fully saturated rings. The Morgan fingerprint density at radius 1 is 0.160 bits per heavy atom. The van der Waals surface area contributed by atoms with E-state index in [2.05, 4.69) is 33.2 Å². The summed E-state index contributed by atoms with van der Waals surface area (Å²) in [5.74, 6) is -1.47. The molecule has 0 spiro atoms. The summed E-state index contributed by atoms with van der Waals surface area (Å²) in [6.07, 6.45) is 0. The molecular weight excluding hydrogens is 2100 g/mol. The molecule has 0 bridgehead atoms. The van der Waals surface area contributed by atoms with Crippen molar-refractivity contribution in [2.24, 2.45) is 0 Å². The topological polar surface area (TPSA) is 184 Å². The van der Waals surface area contributed by atoms with Crippen LogP contribution in [-0.2, 0) is 66.7 Å². The van der Waals surface area contributed by atoms with Gasteiger partial charge >= 0.3 is 41.8 Å². The van der Waals surface area contributed by atoms with Crippen molar-refractivity contribution in [2.75, 3.05) is 46.2 Å². The summed E-state index contributed by atoms with van der Waals surface area (Å²) in [7, 11) is 0. The Bertz CT molecular complexity index is 994. The third kappa shape index (κ3) is 1180. The van der Waals surface area contributed by atoms with E-state index in [1.54, 1.807) is 48.5 Å². The van der Waals surface area contributed by atoms with Gasteiger partial charge in [-0.25, -0.2) is 0 Å². The number of hydrogen-bond donors (Lipinski definition) is 0. The van der Waals surface area contributed by atoms with Gasteiger partial charge in [0, 0.05) is 48.5 Å². The lowest BCUT2D eigenvalue weighted by atomic mass is 10.8. The zero-order valence-electron chi connectivity index (χ0n) is 50.4. The van der Waals surface area contributed by atoms with Crippen LogP contribution in [0.5, 0.6) is 0 Å². The maximum Gasteiger partial charge on any atom is 0.302 e. The summed E-state index contributed by atoms with van der Waals surface area (Å²) in [6.45, 7) is 25.6. The largest absolute Gasteiger partial charge is 0.466 e. The molecule has 0 amide bonds. The van der Waals surface area contributed by atoms with Crippen LogP contribution in [0.4, 0.5) is 0 Å². The number of carbonyl (C=O) groups is 7. The average molecular weight is 2170 g/mol. The number of rotatable bonds is 7. The van der Waals surface area contributed by atoms with Crippen molar-refractivity contribution < 1.29 is 66.7 Å². The second-order valence-electron chi connectivity index (χ2n) is 9.69. The molecule has 53 heteroatoms. The van der Waals surface area contributed by atoms with E-state index in [1.165, 1.54) is 48.5 Å². The minimum atomic E-state index is -0.750. The Hall–Kier alpha value is 7.60. The van der Waals surface area contributed by atoms with E-state index in [4.69, 9.17) is 452 Å². The van der Waals surface area contributed by atoms with Crippen LogP contribution >= 0.6 is 452 Å². The van der Waals surface area contributed by atoms with Gasteiger partial charge in [-0.05, 0) is 48.5 Å². The fourth-order valence-corrected chi connectivity index (χ4v) is 1.42. The standard InChI is InChI=1S/7C4H8O2.13CHCl3/c7*1-3-6-4(2)5;13*2-1(3)4/h7*3H2,1-2H3;13*1H. The zero-order chi connectivity index (χ0) is 81.4. The van der Waals surface area contributed by atoms with Crippen molar-refractivity contribution in [1.29, 1.82) is 0 Å². The molecule has 0 aromatic heterocycles. The van der Waals surface area contributed by atoms with Crippen LogP contribution in [-0.4, -0.2) is 144 Å². The molecule has 94 heavy (non-hydrogen) atoms. The Kier molecular flexibility index (Phi) is 246. The van der Waals surface area contributed by atoms with Crippen molar-refractivity contribution in [3.8, 4) is 0 Å². The molecule has 0 saturated heterocycles. The summed E-state index contributed by atoms with van der Waals surface area (Å²) >= 11 is 187. The summed E-state index contributed by atoms with van der Waals surface area (Å²) < 4.78 is 21.1. The van der Waals surface area contributed by atoms with Crippen molar-refractivity contribution in [3.05, 3.63) is 0 Å². The molecule has 0 atom stereocenters. The van der Waals surface area contributed by atoms with Gasteiger partial charge in [-0.15, -0.1) is 0 Å². The van der Waals surface area contributed by atoms with Crippen molar-refractivity contribution in [3.63, 3.8) is 0 Å². The molecule has 0 rings (SSSR count). The summed E-state index contributed by atoms with van der Waals surface area (Å²) in [4.78, 5) is 68.8. The number of carbonyl (C=O) groups excluding carboxylic acids is 7. The molecule has 0 aliphatic carbocycles. The molecule has 14 nitrogen and oxygen atoms in total. The first-order chi connectivity index (χ1) is 41.9. The highest BCUT2D eigenvalue weighted by Gasteiger charge is 1.88. The Labute approximate surface area is 749 Å². The highest BCUT2D eigenvalue weighted by Crippen LogP contribution is 2.08. The molecule has 0 aromatic carbocycles. The third-order valence-corrected chi connectivity index (χ3v) is 2.43. The minimum Gasteiger partial charge on any atom is -0.466 e. The highest BCUT2D eigenvalue weighted by atomic mass is 35.6. The lowest BCUT2D eigenvalue weighted by Crippen LogP contribution is -1.95. The van der Waals surface area contributed by atoms with Gasteiger partial charge in [0.2, 0.25) is 0 Å². The van der Waals surface area contributed by atoms with E-state index in [1.807, 2.05) is 0 Å². The molecule has 0 saturated carbocycles. The van der Waals surface area contributed by atoms with E-state index in [-0.39, 0.29) is 41.8 Å². The highest BCUT2D eigenvalue weighted by molar-refractivity contribution is 6.67. The summed E-state index contributed by atoms with van der Waals surface area (Å²) in [6, 6.07) is 0. The Balaban J connectivity index is -0.0000000342. The van der Waals surface area contributed by atoms with Gasteiger partial charge in [0.25, 0.3) is 0 Å². The normalized spacial score (nSPS) is 8.40. The van der Waals surface area contributed by atoms with Crippen molar-refractivity contribution in [1.82, 2.24) is 0 Å². The van der Waals surface area contributed by atoms with Crippen LogP contribution in [0.25, 0.3) is 0 Å². The second kappa shape index (κ2) is 150. The van der Waals surface area contributed by atoms with E-state index in [9.17, 15) is 33.6 Å². The average Bonchev–Trinajstić information content (AvgIpc) is 3.25. The first kappa shape index (κ1) is 154. The predicted molar refractivity (Wildman–Crippen MR) is 434 cm³/mol. The smallest absolute Gasteiger partial charge is 0.302 e. The summed E-state index contributed by atoms with van der Waals surface area (Å²) in [5, 5.41) is 0.